The lowest BCUT2D eigenvalue weighted by Gasteiger charge is -2.16. The van der Waals surface area contributed by atoms with Crippen LogP contribution in [0.2, 0.25) is 0 Å². The van der Waals surface area contributed by atoms with E-state index in [1.54, 1.807) is 0 Å². The second-order valence-electron chi connectivity index (χ2n) is 6.83. The molecule has 0 saturated heterocycles. The van der Waals surface area contributed by atoms with Gasteiger partial charge in [-0.1, -0.05) is 84.5 Å². The molecule has 1 nitrogen and oxygen atoms in total. The molecule has 1 atom stereocenters. The molecule has 1 N–H and O–H groups in total. The zero-order valence-electron chi connectivity index (χ0n) is 14.3. The summed E-state index contributed by atoms with van der Waals surface area (Å²) in [5.41, 5.74) is 0. The maximum atomic E-state index is 3.68. The summed E-state index contributed by atoms with van der Waals surface area (Å²) in [4.78, 5) is 0. The van der Waals surface area contributed by atoms with Crippen molar-refractivity contribution in [1.82, 2.24) is 5.32 Å². The number of unbranched alkanes of at least 4 members (excludes halogenated alkanes) is 10. The zero-order valence-corrected chi connectivity index (χ0v) is 14.3. The molecule has 0 aromatic heterocycles. The van der Waals surface area contributed by atoms with E-state index in [-0.39, 0.29) is 0 Å². The van der Waals surface area contributed by atoms with Crippen LogP contribution >= 0.6 is 0 Å². The van der Waals surface area contributed by atoms with Gasteiger partial charge in [0.1, 0.15) is 0 Å². The van der Waals surface area contributed by atoms with E-state index in [0.29, 0.717) is 0 Å². The highest BCUT2D eigenvalue weighted by Gasteiger charge is 2.29. The van der Waals surface area contributed by atoms with Crippen LogP contribution in [0.3, 0.4) is 0 Å². The third kappa shape index (κ3) is 9.80. The summed E-state index contributed by atoms with van der Waals surface area (Å²) in [5.74, 6) is 1.03. The molecule has 0 spiro atoms. The minimum atomic E-state index is 0.846. The SMILES string of the molecule is CCCCCCCCCCCCCC(NCC)C1CC1. The average Bonchev–Trinajstić information content (AvgIpc) is 3.28. The van der Waals surface area contributed by atoms with Crippen LogP contribution in [0.25, 0.3) is 0 Å². The molecule has 0 radical (unpaired) electrons. The van der Waals surface area contributed by atoms with Gasteiger partial charge in [-0.3, -0.25) is 0 Å². The van der Waals surface area contributed by atoms with Gasteiger partial charge in [0, 0.05) is 6.04 Å². The van der Waals surface area contributed by atoms with Gasteiger partial charge in [-0.2, -0.15) is 0 Å². The molecule has 0 bridgehead atoms. The van der Waals surface area contributed by atoms with E-state index in [1.165, 1.54) is 89.9 Å². The Bertz CT molecular complexity index is 198. The Morgan fingerprint density at radius 1 is 0.750 bits per heavy atom. The molecule has 120 valence electrons. The fraction of sp³-hybridized carbons (Fsp3) is 1.00. The Morgan fingerprint density at radius 2 is 1.25 bits per heavy atom. The molecule has 0 aliphatic heterocycles. The first kappa shape index (κ1) is 18.0. The Hall–Kier alpha value is -0.0400. The van der Waals surface area contributed by atoms with Crippen LogP contribution in [0.15, 0.2) is 0 Å². The molecule has 1 rings (SSSR count). The van der Waals surface area contributed by atoms with Crippen molar-refractivity contribution in [2.75, 3.05) is 6.54 Å². The maximum Gasteiger partial charge on any atom is 0.00952 e. The van der Waals surface area contributed by atoms with Crippen LogP contribution in [0, 0.1) is 5.92 Å². The van der Waals surface area contributed by atoms with E-state index >= 15 is 0 Å². The highest BCUT2D eigenvalue weighted by molar-refractivity contribution is 4.85. The molecule has 1 heteroatoms. The summed E-state index contributed by atoms with van der Waals surface area (Å²) in [7, 11) is 0. The van der Waals surface area contributed by atoms with E-state index in [9.17, 15) is 0 Å². The molecule has 1 aliphatic rings. The summed E-state index contributed by atoms with van der Waals surface area (Å²) in [6, 6.07) is 0.846. The molecule has 0 heterocycles. The van der Waals surface area contributed by atoms with Gasteiger partial charge >= 0.3 is 0 Å². The second kappa shape index (κ2) is 12.7. The van der Waals surface area contributed by atoms with Gasteiger partial charge in [0.15, 0.2) is 0 Å². The van der Waals surface area contributed by atoms with Crippen LogP contribution in [0.1, 0.15) is 104 Å². The number of hydrogen-bond donors (Lipinski definition) is 1. The van der Waals surface area contributed by atoms with Crippen LogP contribution in [-0.4, -0.2) is 12.6 Å². The van der Waals surface area contributed by atoms with Crippen molar-refractivity contribution in [3.63, 3.8) is 0 Å². The third-order valence-corrected chi connectivity index (χ3v) is 4.78. The van der Waals surface area contributed by atoms with Crippen molar-refractivity contribution in [2.45, 2.75) is 110 Å². The van der Waals surface area contributed by atoms with Gasteiger partial charge in [-0.15, -0.1) is 0 Å². The minimum Gasteiger partial charge on any atom is -0.314 e. The molecule has 1 saturated carbocycles. The highest BCUT2D eigenvalue weighted by atomic mass is 14.9. The lowest BCUT2D eigenvalue weighted by molar-refractivity contribution is 0.422. The Labute approximate surface area is 128 Å². The molecule has 1 unspecified atom stereocenters. The average molecular weight is 282 g/mol. The van der Waals surface area contributed by atoms with E-state index in [4.69, 9.17) is 0 Å². The molecule has 1 fully saturated rings. The Balaban J connectivity index is 1.77. The maximum absolute atomic E-state index is 3.68. The topological polar surface area (TPSA) is 12.0 Å². The van der Waals surface area contributed by atoms with Gasteiger partial charge in [0.05, 0.1) is 0 Å². The third-order valence-electron chi connectivity index (χ3n) is 4.78. The van der Waals surface area contributed by atoms with Crippen molar-refractivity contribution < 1.29 is 0 Å². The van der Waals surface area contributed by atoms with Crippen molar-refractivity contribution in [1.29, 1.82) is 0 Å². The predicted octanol–water partition coefficient (Wildman–Crippen LogP) is 6.08. The number of nitrogens with one attached hydrogen (secondary N) is 1. The number of rotatable bonds is 15. The molecule has 0 amide bonds. The quantitative estimate of drug-likeness (QED) is 0.359. The van der Waals surface area contributed by atoms with E-state index in [2.05, 4.69) is 19.2 Å². The molecular weight excluding hydrogens is 242 g/mol. The summed E-state index contributed by atoms with van der Waals surface area (Å²) in [6.45, 7) is 5.69. The monoisotopic (exact) mass is 281 g/mol. The Morgan fingerprint density at radius 3 is 1.70 bits per heavy atom. The molecule has 20 heavy (non-hydrogen) atoms. The van der Waals surface area contributed by atoms with Crippen LogP contribution in [0.4, 0.5) is 0 Å². The van der Waals surface area contributed by atoms with Gasteiger partial charge in [0.2, 0.25) is 0 Å². The van der Waals surface area contributed by atoms with Gasteiger partial charge in [-0.05, 0) is 31.7 Å². The summed E-state index contributed by atoms with van der Waals surface area (Å²) in [6.07, 6.45) is 20.4. The van der Waals surface area contributed by atoms with Crippen LogP contribution in [-0.2, 0) is 0 Å². The first-order valence-corrected chi connectivity index (χ1v) is 9.61. The minimum absolute atomic E-state index is 0.846. The predicted molar refractivity (Wildman–Crippen MR) is 91.3 cm³/mol. The molecule has 0 aromatic rings. The smallest absolute Gasteiger partial charge is 0.00952 e. The molecule has 0 aromatic carbocycles. The largest absolute Gasteiger partial charge is 0.314 e. The standard InChI is InChI=1S/C19H39N/c1-3-5-6-7-8-9-10-11-12-13-14-15-19(20-4-2)18-16-17-18/h18-20H,3-17H2,1-2H3. The van der Waals surface area contributed by atoms with Crippen molar-refractivity contribution in [3.8, 4) is 0 Å². The van der Waals surface area contributed by atoms with Crippen LogP contribution < -0.4 is 5.32 Å². The lowest BCUT2D eigenvalue weighted by Crippen LogP contribution is -2.30. The number of hydrogen-bond acceptors (Lipinski definition) is 1. The highest BCUT2D eigenvalue weighted by Crippen LogP contribution is 2.34. The first-order valence-electron chi connectivity index (χ1n) is 9.61. The fourth-order valence-corrected chi connectivity index (χ4v) is 3.29. The summed E-state index contributed by atoms with van der Waals surface area (Å²) in [5, 5.41) is 3.68. The van der Waals surface area contributed by atoms with Gasteiger partial charge < -0.3 is 5.32 Å². The van der Waals surface area contributed by atoms with Gasteiger partial charge in [0.25, 0.3) is 0 Å². The van der Waals surface area contributed by atoms with E-state index in [1.807, 2.05) is 0 Å². The van der Waals surface area contributed by atoms with Gasteiger partial charge in [-0.25, -0.2) is 0 Å². The van der Waals surface area contributed by atoms with Crippen molar-refractivity contribution >= 4 is 0 Å². The normalized spacial score (nSPS) is 16.5. The summed E-state index contributed by atoms with van der Waals surface area (Å²) >= 11 is 0. The first-order chi connectivity index (χ1) is 9.88. The second-order valence-corrected chi connectivity index (χ2v) is 6.83. The van der Waals surface area contributed by atoms with E-state index < -0.39 is 0 Å². The van der Waals surface area contributed by atoms with Crippen molar-refractivity contribution in [2.24, 2.45) is 5.92 Å². The lowest BCUT2D eigenvalue weighted by atomic mass is 10.0. The Kier molecular flexibility index (Phi) is 11.4. The van der Waals surface area contributed by atoms with Crippen molar-refractivity contribution in [3.05, 3.63) is 0 Å². The molecule has 1 aliphatic carbocycles. The fourth-order valence-electron chi connectivity index (χ4n) is 3.29. The van der Waals surface area contributed by atoms with Crippen LogP contribution in [0.5, 0.6) is 0 Å². The van der Waals surface area contributed by atoms with E-state index in [0.717, 1.165) is 18.5 Å². The molecular formula is C19H39N. The zero-order chi connectivity index (χ0) is 14.5. The summed E-state index contributed by atoms with van der Waals surface area (Å²) < 4.78 is 0.